The smallest absolute Gasteiger partial charge is 0.308 e. The minimum atomic E-state index is -0.838. The SMILES string of the molecule is COCCCOc1cccc(C(=O)N2CC(C(=O)O)CCC2C)c1. The summed E-state index contributed by atoms with van der Waals surface area (Å²) in [5.41, 5.74) is 0.525. The molecule has 1 fully saturated rings. The minimum absolute atomic E-state index is 0.0411. The van der Waals surface area contributed by atoms with E-state index >= 15 is 0 Å². The van der Waals surface area contributed by atoms with E-state index in [1.165, 1.54) is 0 Å². The molecule has 2 atom stereocenters. The first-order chi connectivity index (χ1) is 11.5. The third-order valence-corrected chi connectivity index (χ3v) is 4.33. The van der Waals surface area contributed by atoms with Crippen molar-refractivity contribution < 1.29 is 24.2 Å². The quantitative estimate of drug-likeness (QED) is 0.775. The Labute approximate surface area is 142 Å². The van der Waals surface area contributed by atoms with Crippen molar-refractivity contribution in [3.8, 4) is 5.75 Å². The second-order valence-electron chi connectivity index (χ2n) is 6.14. The molecule has 6 heteroatoms. The second kappa shape index (κ2) is 8.68. The van der Waals surface area contributed by atoms with Crippen LogP contribution in [0.1, 0.15) is 36.5 Å². The number of carbonyl (C=O) groups is 2. The zero-order valence-corrected chi connectivity index (χ0v) is 14.2. The van der Waals surface area contributed by atoms with Gasteiger partial charge in [0.05, 0.1) is 12.5 Å². The number of ether oxygens (including phenoxy) is 2. The average molecular weight is 335 g/mol. The van der Waals surface area contributed by atoms with Gasteiger partial charge in [0.15, 0.2) is 0 Å². The first kappa shape index (κ1) is 18.3. The van der Waals surface area contributed by atoms with Gasteiger partial charge in [-0.3, -0.25) is 9.59 Å². The van der Waals surface area contributed by atoms with Gasteiger partial charge in [-0.05, 0) is 38.0 Å². The number of benzene rings is 1. The van der Waals surface area contributed by atoms with Crippen LogP contribution < -0.4 is 4.74 Å². The lowest BCUT2D eigenvalue weighted by Crippen LogP contribution is -2.47. The Bertz CT molecular complexity index is 574. The van der Waals surface area contributed by atoms with Crippen LogP contribution in [0, 0.1) is 5.92 Å². The number of carboxylic acid groups (broad SMARTS) is 1. The normalized spacial score (nSPS) is 20.7. The van der Waals surface area contributed by atoms with E-state index in [4.69, 9.17) is 9.47 Å². The summed E-state index contributed by atoms with van der Waals surface area (Å²) in [5.74, 6) is -0.833. The summed E-state index contributed by atoms with van der Waals surface area (Å²) in [5, 5.41) is 9.21. The molecule has 0 radical (unpaired) electrons. The van der Waals surface area contributed by atoms with Gasteiger partial charge in [0.25, 0.3) is 5.91 Å². The molecule has 132 valence electrons. The lowest BCUT2D eigenvalue weighted by molar-refractivity contribution is -0.143. The van der Waals surface area contributed by atoms with Crippen molar-refractivity contribution in [1.29, 1.82) is 0 Å². The van der Waals surface area contributed by atoms with E-state index in [1.54, 1.807) is 30.2 Å². The Kier molecular flexibility index (Phi) is 6.61. The topological polar surface area (TPSA) is 76.1 Å². The fraction of sp³-hybridized carbons (Fsp3) is 0.556. The van der Waals surface area contributed by atoms with Gasteiger partial charge in [0, 0.05) is 38.3 Å². The van der Waals surface area contributed by atoms with Gasteiger partial charge in [-0.2, -0.15) is 0 Å². The molecule has 0 bridgehead atoms. The number of likely N-dealkylation sites (tertiary alicyclic amines) is 1. The number of rotatable bonds is 7. The van der Waals surface area contributed by atoms with E-state index < -0.39 is 11.9 Å². The third kappa shape index (κ3) is 4.71. The average Bonchev–Trinajstić information content (AvgIpc) is 2.58. The fourth-order valence-corrected chi connectivity index (χ4v) is 2.87. The van der Waals surface area contributed by atoms with Crippen LogP contribution in [0.3, 0.4) is 0 Å². The summed E-state index contributed by atoms with van der Waals surface area (Å²) in [6.07, 6.45) is 2.09. The van der Waals surface area contributed by atoms with E-state index in [0.29, 0.717) is 37.4 Å². The summed E-state index contributed by atoms with van der Waals surface area (Å²) < 4.78 is 10.6. The molecule has 1 heterocycles. The van der Waals surface area contributed by atoms with Crippen molar-refractivity contribution >= 4 is 11.9 Å². The molecule has 2 rings (SSSR count). The molecule has 1 aromatic rings. The van der Waals surface area contributed by atoms with Gasteiger partial charge in [0.2, 0.25) is 0 Å². The number of methoxy groups -OCH3 is 1. The molecule has 1 aromatic carbocycles. The number of amides is 1. The van der Waals surface area contributed by atoms with Crippen LogP contribution in [0.2, 0.25) is 0 Å². The summed E-state index contributed by atoms with van der Waals surface area (Å²) in [7, 11) is 1.64. The Hall–Kier alpha value is -2.08. The molecular weight excluding hydrogens is 310 g/mol. The number of hydrogen-bond donors (Lipinski definition) is 1. The lowest BCUT2D eigenvalue weighted by Gasteiger charge is -2.36. The molecule has 1 N–H and O–H groups in total. The van der Waals surface area contributed by atoms with E-state index in [2.05, 4.69) is 0 Å². The van der Waals surface area contributed by atoms with Crippen LogP contribution in [0.4, 0.5) is 0 Å². The molecule has 0 spiro atoms. The maximum absolute atomic E-state index is 12.8. The predicted molar refractivity (Wildman–Crippen MR) is 89.3 cm³/mol. The van der Waals surface area contributed by atoms with Crippen LogP contribution in [0.25, 0.3) is 0 Å². The first-order valence-corrected chi connectivity index (χ1v) is 8.28. The van der Waals surface area contributed by atoms with Crippen LogP contribution >= 0.6 is 0 Å². The van der Waals surface area contributed by atoms with Crippen molar-refractivity contribution in [2.75, 3.05) is 26.9 Å². The monoisotopic (exact) mass is 335 g/mol. The maximum Gasteiger partial charge on any atom is 0.308 e. The van der Waals surface area contributed by atoms with Crippen molar-refractivity contribution in [1.82, 2.24) is 4.90 Å². The molecule has 1 aliphatic rings. The maximum atomic E-state index is 12.8. The van der Waals surface area contributed by atoms with Gasteiger partial charge < -0.3 is 19.5 Å². The first-order valence-electron chi connectivity index (χ1n) is 8.28. The number of piperidine rings is 1. The van der Waals surface area contributed by atoms with Crippen LogP contribution in [-0.4, -0.2) is 54.8 Å². The van der Waals surface area contributed by atoms with Crippen LogP contribution in [-0.2, 0) is 9.53 Å². The summed E-state index contributed by atoms with van der Waals surface area (Å²) in [6, 6.07) is 7.08. The van der Waals surface area contributed by atoms with Gasteiger partial charge in [-0.1, -0.05) is 6.07 Å². The summed E-state index contributed by atoms with van der Waals surface area (Å²) in [6.45, 7) is 3.36. The van der Waals surface area contributed by atoms with E-state index in [1.807, 2.05) is 13.0 Å². The highest BCUT2D eigenvalue weighted by Gasteiger charge is 2.33. The van der Waals surface area contributed by atoms with Crippen molar-refractivity contribution in [2.45, 2.75) is 32.2 Å². The Morgan fingerprint density at radius 3 is 2.79 bits per heavy atom. The molecule has 2 unspecified atom stereocenters. The molecule has 1 saturated heterocycles. The van der Waals surface area contributed by atoms with Crippen molar-refractivity contribution in [3.63, 3.8) is 0 Å². The molecule has 6 nitrogen and oxygen atoms in total. The van der Waals surface area contributed by atoms with Gasteiger partial charge in [-0.15, -0.1) is 0 Å². The van der Waals surface area contributed by atoms with E-state index in [0.717, 1.165) is 6.42 Å². The standard InChI is InChI=1S/C18H25NO5/c1-13-7-8-15(18(21)22)12-19(13)17(20)14-5-3-6-16(11-14)24-10-4-9-23-2/h3,5-6,11,13,15H,4,7-10,12H2,1-2H3,(H,21,22). The molecule has 1 aliphatic heterocycles. The van der Waals surface area contributed by atoms with Crippen molar-refractivity contribution in [2.24, 2.45) is 5.92 Å². The molecule has 0 aromatic heterocycles. The van der Waals surface area contributed by atoms with Crippen molar-refractivity contribution in [3.05, 3.63) is 29.8 Å². The Morgan fingerprint density at radius 1 is 1.29 bits per heavy atom. The Balaban J connectivity index is 2.04. The van der Waals surface area contributed by atoms with E-state index in [9.17, 15) is 14.7 Å². The third-order valence-electron chi connectivity index (χ3n) is 4.33. The number of hydrogen-bond acceptors (Lipinski definition) is 4. The van der Waals surface area contributed by atoms with Crippen LogP contribution in [0.5, 0.6) is 5.75 Å². The number of aliphatic carboxylic acids is 1. The van der Waals surface area contributed by atoms with Gasteiger partial charge >= 0.3 is 5.97 Å². The lowest BCUT2D eigenvalue weighted by atomic mass is 9.93. The molecule has 24 heavy (non-hydrogen) atoms. The number of carbonyl (C=O) groups excluding carboxylic acids is 1. The summed E-state index contributed by atoms with van der Waals surface area (Å²) in [4.78, 5) is 25.6. The minimum Gasteiger partial charge on any atom is -0.493 e. The molecule has 1 amide bonds. The molecule has 0 saturated carbocycles. The Morgan fingerprint density at radius 2 is 2.08 bits per heavy atom. The predicted octanol–water partition coefficient (Wildman–Crippen LogP) is 2.43. The highest BCUT2D eigenvalue weighted by molar-refractivity contribution is 5.95. The molecular formula is C18H25NO5. The number of nitrogens with zero attached hydrogens (tertiary/aromatic N) is 1. The largest absolute Gasteiger partial charge is 0.493 e. The highest BCUT2D eigenvalue weighted by Crippen LogP contribution is 2.25. The zero-order chi connectivity index (χ0) is 17.5. The summed E-state index contributed by atoms with van der Waals surface area (Å²) >= 11 is 0. The zero-order valence-electron chi connectivity index (χ0n) is 14.2. The van der Waals surface area contributed by atoms with Gasteiger partial charge in [-0.25, -0.2) is 0 Å². The van der Waals surface area contributed by atoms with E-state index in [-0.39, 0.29) is 18.5 Å². The molecule has 0 aliphatic carbocycles. The number of carboxylic acids is 1. The fourth-order valence-electron chi connectivity index (χ4n) is 2.87. The van der Waals surface area contributed by atoms with Crippen LogP contribution in [0.15, 0.2) is 24.3 Å². The van der Waals surface area contributed by atoms with Gasteiger partial charge in [0.1, 0.15) is 5.75 Å². The second-order valence-corrected chi connectivity index (χ2v) is 6.14. The highest BCUT2D eigenvalue weighted by atomic mass is 16.5.